The molecule has 0 aliphatic heterocycles. The fraction of sp³-hybridized carbons (Fsp3) is 0.909. The predicted octanol–water partition coefficient (Wildman–Crippen LogP) is 2.09. The smallest absolute Gasteiger partial charge is 0.303 e. The molecule has 0 saturated heterocycles. The molecule has 1 N–H and O–H groups in total. The molecule has 0 amide bonds. The summed E-state index contributed by atoms with van der Waals surface area (Å²) < 4.78 is 22.9. The van der Waals surface area contributed by atoms with Crippen LogP contribution in [0.1, 0.15) is 47.5 Å². The summed E-state index contributed by atoms with van der Waals surface area (Å²) in [6, 6.07) is 0. The second-order valence-electron chi connectivity index (χ2n) is 5.92. The Hall–Kier alpha value is -0.580. The number of rotatable bonds is 5. The van der Waals surface area contributed by atoms with Crippen LogP contribution in [0, 0.1) is 5.41 Å². The van der Waals surface area contributed by atoms with E-state index in [-0.39, 0.29) is 12.2 Å². The van der Waals surface area contributed by atoms with Crippen LogP contribution >= 0.6 is 0 Å². The number of sulfone groups is 1. The summed E-state index contributed by atoms with van der Waals surface area (Å²) in [4.78, 5) is 10.6. The minimum Gasteiger partial charge on any atom is -0.481 e. The molecule has 0 radical (unpaired) electrons. The van der Waals surface area contributed by atoms with Crippen LogP contribution in [0.3, 0.4) is 0 Å². The van der Waals surface area contributed by atoms with Crippen LogP contribution in [0.5, 0.6) is 0 Å². The van der Waals surface area contributed by atoms with Gasteiger partial charge in [-0.05, 0) is 32.6 Å². The molecule has 0 spiro atoms. The summed E-state index contributed by atoms with van der Waals surface area (Å²) in [5.74, 6) is -0.852. The van der Waals surface area contributed by atoms with E-state index in [4.69, 9.17) is 5.11 Å². The molecule has 4 nitrogen and oxygen atoms in total. The first-order valence-corrected chi connectivity index (χ1v) is 6.97. The number of carbonyl (C=O) groups is 1. The van der Waals surface area contributed by atoms with E-state index >= 15 is 0 Å². The number of carboxylic acid groups (broad SMARTS) is 1. The Kier molecular flexibility index (Phi) is 4.56. The molecule has 0 bridgehead atoms. The van der Waals surface area contributed by atoms with Gasteiger partial charge in [0, 0.05) is 0 Å². The van der Waals surface area contributed by atoms with Gasteiger partial charge in [-0.2, -0.15) is 0 Å². The average Bonchev–Trinajstić information content (AvgIpc) is 1.96. The van der Waals surface area contributed by atoms with Gasteiger partial charge >= 0.3 is 5.97 Å². The minimum absolute atomic E-state index is 0.00728. The average molecular weight is 250 g/mol. The van der Waals surface area contributed by atoms with Gasteiger partial charge in [-0.1, -0.05) is 13.8 Å². The third-order valence-electron chi connectivity index (χ3n) is 2.61. The van der Waals surface area contributed by atoms with Crippen molar-refractivity contribution < 1.29 is 18.3 Å². The lowest BCUT2D eigenvalue weighted by molar-refractivity contribution is -0.139. The second-order valence-corrected chi connectivity index (χ2v) is 8.78. The Labute approximate surface area is 98.0 Å². The third-order valence-corrected chi connectivity index (χ3v) is 5.22. The van der Waals surface area contributed by atoms with Gasteiger partial charge in [-0.25, -0.2) is 8.42 Å². The van der Waals surface area contributed by atoms with Crippen molar-refractivity contribution in [1.29, 1.82) is 0 Å². The molecule has 0 fully saturated rings. The van der Waals surface area contributed by atoms with E-state index in [1.807, 2.05) is 0 Å². The zero-order valence-corrected chi connectivity index (χ0v) is 11.5. The van der Waals surface area contributed by atoms with E-state index in [1.165, 1.54) is 0 Å². The first-order chi connectivity index (χ1) is 6.87. The number of hydrogen-bond acceptors (Lipinski definition) is 3. The molecule has 0 aliphatic carbocycles. The Balaban J connectivity index is 4.53. The van der Waals surface area contributed by atoms with Crippen molar-refractivity contribution in [1.82, 2.24) is 0 Å². The predicted molar refractivity (Wildman–Crippen MR) is 64.2 cm³/mol. The van der Waals surface area contributed by atoms with Crippen molar-refractivity contribution in [2.45, 2.75) is 52.2 Å². The standard InChI is InChI=1S/C11H22O4S/c1-10(2,3)16(14,15)7-6-11(4,5)8-9(12)13/h6-8H2,1-5H3,(H,12,13). The number of hydrogen-bond donors (Lipinski definition) is 1. The van der Waals surface area contributed by atoms with Crippen LogP contribution in [-0.2, 0) is 14.6 Å². The molecule has 16 heavy (non-hydrogen) atoms. The summed E-state index contributed by atoms with van der Waals surface area (Å²) >= 11 is 0. The molecule has 0 atom stereocenters. The van der Waals surface area contributed by atoms with E-state index in [9.17, 15) is 13.2 Å². The maximum atomic E-state index is 11.8. The molecule has 0 rings (SSSR count). The normalized spacial score (nSPS) is 13.8. The molecule has 5 heteroatoms. The Bertz CT molecular complexity index is 347. The van der Waals surface area contributed by atoms with Gasteiger partial charge in [0.05, 0.1) is 16.9 Å². The zero-order valence-electron chi connectivity index (χ0n) is 10.7. The van der Waals surface area contributed by atoms with Crippen molar-refractivity contribution in [3.63, 3.8) is 0 Å². The lowest BCUT2D eigenvalue weighted by atomic mass is 9.87. The van der Waals surface area contributed by atoms with E-state index in [0.29, 0.717) is 6.42 Å². The fourth-order valence-corrected chi connectivity index (χ4v) is 2.65. The van der Waals surface area contributed by atoms with Crippen LogP contribution in [0.15, 0.2) is 0 Å². The van der Waals surface area contributed by atoms with Gasteiger partial charge in [-0.3, -0.25) is 4.79 Å². The summed E-state index contributed by atoms with van der Waals surface area (Å²) in [6.07, 6.45) is 0.367. The highest BCUT2D eigenvalue weighted by Crippen LogP contribution is 2.28. The lowest BCUT2D eigenvalue weighted by Crippen LogP contribution is -2.32. The van der Waals surface area contributed by atoms with Crippen molar-refractivity contribution in [3.05, 3.63) is 0 Å². The SMILES string of the molecule is CC(C)(CCS(=O)(=O)C(C)(C)C)CC(=O)O. The van der Waals surface area contributed by atoms with Gasteiger partial charge < -0.3 is 5.11 Å². The van der Waals surface area contributed by atoms with Crippen molar-refractivity contribution in [3.8, 4) is 0 Å². The Morgan fingerprint density at radius 2 is 1.56 bits per heavy atom. The summed E-state index contributed by atoms with van der Waals surface area (Å²) in [5, 5.41) is 8.69. The molecule has 0 heterocycles. The van der Waals surface area contributed by atoms with Crippen LogP contribution in [0.25, 0.3) is 0 Å². The summed E-state index contributed by atoms with van der Waals surface area (Å²) in [7, 11) is -3.16. The Morgan fingerprint density at radius 3 is 1.88 bits per heavy atom. The molecule has 0 aromatic rings. The first kappa shape index (κ1) is 15.4. The van der Waals surface area contributed by atoms with Crippen LogP contribution in [-0.4, -0.2) is 30.0 Å². The van der Waals surface area contributed by atoms with Gasteiger partial charge in [0.1, 0.15) is 0 Å². The highest BCUT2D eigenvalue weighted by Gasteiger charge is 2.31. The fourth-order valence-electron chi connectivity index (χ4n) is 1.21. The third kappa shape index (κ3) is 4.96. The van der Waals surface area contributed by atoms with Gasteiger partial charge in [0.15, 0.2) is 9.84 Å². The van der Waals surface area contributed by atoms with Gasteiger partial charge in [0.2, 0.25) is 0 Å². The van der Waals surface area contributed by atoms with E-state index in [1.54, 1.807) is 34.6 Å². The summed E-state index contributed by atoms with van der Waals surface area (Å²) in [6.45, 7) is 8.53. The molecule has 0 aliphatic rings. The first-order valence-electron chi connectivity index (χ1n) is 5.31. The number of carboxylic acids is 1. The zero-order chi connectivity index (χ0) is 13.2. The van der Waals surface area contributed by atoms with Crippen molar-refractivity contribution >= 4 is 15.8 Å². The molecular weight excluding hydrogens is 228 g/mol. The highest BCUT2D eigenvalue weighted by molar-refractivity contribution is 7.92. The summed E-state index contributed by atoms with van der Waals surface area (Å²) in [5.41, 5.74) is -0.482. The largest absolute Gasteiger partial charge is 0.481 e. The lowest BCUT2D eigenvalue weighted by Gasteiger charge is -2.25. The Morgan fingerprint density at radius 1 is 1.12 bits per heavy atom. The van der Waals surface area contributed by atoms with E-state index in [2.05, 4.69) is 0 Å². The van der Waals surface area contributed by atoms with Crippen molar-refractivity contribution in [2.75, 3.05) is 5.75 Å². The molecule has 0 unspecified atom stereocenters. The molecule has 0 aromatic carbocycles. The van der Waals surface area contributed by atoms with Crippen LogP contribution < -0.4 is 0 Å². The molecule has 0 aromatic heterocycles. The molecule has 0 saturated carbocycles. The molecular formula is C11H22O4S. The van der Waals surface area contributed by atoms with Crippen LogP contribution in [0.4, 0.5) is 0 Å². The van der Waals surface area contributed by atoms with Crippen molar-refractivity contribution in [2.24, 2.45) is 5.41 Å². The minimum atomic E-state index is -3.16. The van der Waals surface area contributed by atoms with E-state index in [0.717, 1.165) is 0 Å². The highest BCUT2D eigenvalue weighted by atomic mass is 32.2. The van der Waals surface area contributed by atoms with Gasteiger partial charge in [0.25, 0.3) is 0 Å². The maximum Gasteiger partial charge on any atom is 0.303 e. The van der Waals surface area contributed by atoms with E-state index < -0.39 is 26.0 Å². The topological polar surface area (TPSA) is 71.4 Å². The van der Waals surface area contributed by atoms with Crippen LogP contribution in [0.2, 0.25) is 0 Å². The maximum absolute atomic E-state index is 11.8. The molecule has 96 valence electrons. The quantitative estimate of drug-likeness (QED) is 0.811. The second kappa shape index (κ2) is 4.73. The number of aliphatic carboxylic acids is 1. The monoisotopic (exact) mass is 250 g/mol. The van der Waals surface area contributed by atoms with Gasteiger partial charge in [-0.15, -0.1) is 0 Å².